The summed E-state index contributed by atoms with van der Waals surface area (Å²) in [5, 5.41) is 7.86. The van der Waals surface area contributed by atoms with Gasteiger partial charge in [-0.05, 0) is 20.8 Å². The van der Waals surface area contributed by atoms with Crippen LogP contribution in [0, 0.1) is 13.8 Å². The first-order chi connectivity index (χ1) is 9.38. The summed E-state index contributed by atoms with van der Waals surface area (Å²) in [4.78, 5) is 19.5. The first kappa shape index (κ1) is 14.5. The van der Waals surface area contributed by atoms with Crippen LogP contribution in [0.5, 0.6) is 0 Å². The van der Waals surface area contributed by atoms with Crippen molar-refractivity contribution in [2.24, 2.45) is 7.05 Å². The molecule has 0 saturated heterocycles. The predicted octanol–water partition coefficient (Wildman–Crippen LogP) is 2.72. The van der Waals surface area contributed by atoms with Crippen molar-refractivity contribution in [3.8, 4) is 0 Å². The van der Waals surface area contributed by atoms with E-state index in [1.807, 2.05) is 27.8 Å². The van der Waals surface area contributed by atoms with Crippen LogP contribution in [0.25, 0.3) is 0 Å². The molecule has 6 nitrogen and oxygen atoms in total. The van der Waals surface area contributed by atoms with E-state index in [2.05, 4.69) is 15.4 Å². The molecule has 0 saturated carbocycles. The van der Waals surface area contributed by atoms with Crippen LogP contribution in [0.1, 0.15) is 28.5 Å². The molecule has 7 heteroatoms. The molecule has 1 N–H and O–H groups in total. The molecule has 0 radical (unpaired) electrons. The predicted molar refractivity (Wildman–Crippen MR) is 80.0 cm³/mol. The number of thiazole rings is 1. The summed E-state index contributed by atoms with van der Waals surface area (Å²) in [5.41, 5.74) is 1.64. The SMILES string of the molecule is Cc1nc([C@@H](C)N(C)C(=O)Nc2cnn(C)c2)c(C)s1. The zero-order chi connectivity index (χ0) is 14.9. The molecule has 0 aliphatic carbocycles. The Kier molecular flexibility index (Phi) is 4.08. The second-order valence-electron chi connectivity index (χ2n) is 4.79. The second-order valence-corrected chi connectivity index (χ2v) is 6.20. The highest BCUT2D eigenvalue weighted by Gasteiger charge is 2.21. The highest BCUT2D eigenvalue weighted by atomic mass is 32.1. The maximum absolute atomic E-state index is 12.2. The molecule has 2 heterocycles. The Balaban J connectivity index is 2.08. The maximum atomic E-state index is 12.2. The molecule has 2 rings (SSSR count). The molecule has 108 valence electrons. The van der Waals surface area contributed by atoms with Crippen molar-refractivity contribution in [1.82, 2.24) is 19.7 Å². The van der Waals surface area contributed by atoms with E-state index < -0.39 is 0 Å². The van der Waals surface area contributed by atoms with Gasteiger partial charge in [-0.25, -0.2) is 9.78 Å². The van der Waals surface area contributed by atoms with Crippen LogP contribution in [0.2, 0.25) is 0 Å². The number of anilines is 1. The third-order valence-electron chi connectivity index (χ3n) is 3.19. The van der Waals surface area contributed by atoms with Crippen LogP contribution >= 0.6 is 11.3 Å². The molecule has 2 aromatic heterocycles. The van der Waals surface area contributed by atoms with E-state index in [1.54, 1.807) is 40.4 Å². The minimum absolute atomic E-state index is 0.0726. The monoisotopic (exact) mass is 293 g/mol. The lowest BCUT2D eigenvalue weighted by molar-refractivity contribution is 0.207. The molecule has 0 bridgehead atoms. The molecule has 0 aliphatic heterocycles. The molecule has 20 heavy (non-hydrogen) atoms. The van der Waals surface area contributed by atoms with E-state index in [4.69, 9.17) is 0 Å². The van der Waals surface area contributed by atoms with Crippen LogP contribution in [-0.2, 0) is 7.05 Å². The number of amides is 2. The van der Waals surface area contributed by atoms with Gasteiger partial charge in [-0.3, -0.25) is 4.68 Å². The smallest absolute Gasteiger partial charge is 0.319 e. The molecule has 0 aliphatic rings. The van der Waals surface area contributed by atoms with Gasteiger partial charge in [-0.2, -0.15) is 5.10 Å². The van der Waals surface area contributed by atoms with Gasteiger partial charge in [0.25, 0.3) is 0 Å². The van der Waals surface area contributed by atoms with E-state index in [1.165, 1.54) is 0 Å². The van der Waals surface area contributed by atoms with Gasteiger partial charge in [0.2, 0.25) is 0 Å². The van der Waals surface area contributed by atoms with E-state index in [9.17, 15) is 4.79 Å². The van der Waals surface area contributed by atoms with Crippen LogP contribution in [0.4, 0.5) is 10.5 Å². The summed E-state index contributed by atoms with van der Waals surface area (Å²) >= 11 is 1.65. The van der Waals surface area contributed by atoms with Gasteiger partial charge in [0.1, 0.15) is 0 Å². The molecule has 0 aromatic carbocycles. The third-order valence-corrected chi connectivity index (χ3v) is 4.09. The molecule has 2 amide bonds. The summed E-state index contributed by atoms with van der Waals surface area (Å²) in [6.45, 7) is 5.98. The molecular formula is C13H19N5OS. The highest BCUT2D eigenvalue weighted by Crippen LogP contribution is 2.26. The van der Waals surface area contributed by atoms with Crippen molar-refractivity contribution in [3.63, 3.8) is 0 Å². The van der Waals surface area contributed by atoms with Gasteiger partial charge in [0, 0.05) is 25.2 Å². The number of carbonyl (C=O) groups is 1. The molecule has 2 aromatic rings. The van der Waals surface area contributed by atoms with E-state index >= 15 is 0 Å². The number of carbonyl (C=O) groups excluding carboxylic acids is 1. The van der Waals surface area contributed by atoms with Crippen molar-refractivity contribution in [3.05, 3.63) is 28.0 Å². The first-order valence-corrected chi connectivity index (χ1v) is 7.16. The fraction of sp³-hybridized carbons (Fsp3) is 0.462. The number of urea groups is 1. The maximum Gasteiger partial charge on any atom is 0.322 e. The first-order valence-electron chi connectivity index (χ1n) is 6.35. The number of rotatable bonds is 3. The van der Waals surface area contributed by atoms with Gasteiger partial charge in [0.05, 0.1) is 28.6 Å². The average Bonchev–Trinajstić information content (AvgIpc) is 2.93. The summed E-state index contributed by atoms with van der Waals surface area (Å²) < 4.78 is 1.65. The van der Waals surface area contributed by atoms with Crippen molar-refractivity contribution in [2.75, 3.05) is 12.4 Å². The standard InChI is InChI=1S/C13H19N5OS/c1-8(12-9(2)20-10(3)15-12)18(5)13(19)16-11-6-14-17(4)7-11/h6-8H,1-5H3,(H,16,19)/t8-/m1/s1. The number of hydrogen-bond acceptors (Lipinski definition) is 4. The summed E-state index contributed by atoms with van der Waals surface area (Å²) in [5.74, 6) is 0. The zero-order valence-electron chi connectivity index (χ0n) is 12.3. The Morgan fingerprint density at radius 3 is 2.70 bits per heavy atom. The number of nitrogens with one attached hydrogen (secondary N) is 1. The van der Waals surface area contributed by atoms with Gasteiger partial charge in [0.15, 0.2) is 0 Å². The van der Waals surface area contributed by atoms with Crippen molar-refractivity contribution in [2.45, 2.75) is 26.8 Å². The Hall–Kier alpha value is -1.89. The quantitative estimate of drug-likeness (QED) is 0.946. The molecular weight excluding hydrogens is 274 g/mol. The van der Waals surface area contributed by atoms with Crippen molar-refractivity contribution >= 4 is 23.1 Å². The molecule has 1 atom stereocenters. The normalized spacial score (nSPS) is 12.2. The summed E-state index contributed by atoms with van der Waals surface area (Å²) in [7, 11) is 3.58. The van der Waals surface area contributed by atoms with Gasteiger partial charge < -0.3 is 10.2 Å². The van der Waals surface area contributed by atoms with Crippen LogP contribution in [0.3, 0.4) is 0 Å². The van der Waals surface area contributed by atoms with Crippen LogP contribution in [-0.4, -0.2) is 32.7 Å². The second kappa shape index (κ2) is 5.62. The van der Waals surface area contributed by atoms with E-state index in [-0.39, 0.29) is 12.1 Å². The molecule has 0 unspecified atom stereocenters. The number of hydrogen-bond donors (Lipinski definition) is 1. The van der Waals surface area contributed by atoms with Crippen LogP contribution < -0.4 is 5.32 Å². The Bertz CT molecular complexity index is 618. The molecule has 0 fully saturated rings. The Morgan fingerprint density at radius 1 is 1.50 bits per heavy atom. The van der Waals surface area contributed by atoms with Gasteiger partial charge in [-0.1, -0.05) is 0 Å². The number of aryl methyl sites for hydroxylation is 3. The fourth-order valence-electron chi connectivity index (χ4n) is 1.99. The van der Waals surface area contributed by atoms with Gasteiger partial charge in [-0.15, -0.1) is 11.3 Å². The minimum atomic E-state index is -0.171. The van der Waals surface area contributed by atoms with Crippen molar-refractivity contribution < 1.29 is 4.79 Å². The number of aromatic nitrogens is 3. The summed E-state index contributed by atoms with van der Waals surface area (Å²) in [6.07, 6.45) is 3.38. The lowest BCUT2D eigenvalue weighted by atomic mass is 10.2. The highest BCUT2D eigenvalue weighted by molar-refractivity contribution is 7.11. The fourth-order valence-corrected chi connectivity index (χ4v) is 2.90. The molecule has 0 spiro atoms. The zero-order valence-corrected chi connectivity index (χ0v) is 13.2. The third kappa shape index (κ3) is 2.98. The van der Waals surface area contributed by atoms with E-state index in [0.29, 0.717) is 5.69 Å². The topological polar surface area (TPSA) is 63.1 Å². The van der Waals surface area contributed by atoms with Crippen molar-refractivity contribution in [1.29, 1.82) is 0 Å². The lowest BCUT2D eigenvalue weighted by Gasteiger charge is -2.24. The minimum Gasteiger partial charge on any atom is -0.319 e. The average molecular weight is 293 g/mol. The van der Waals surface area contributed by atoms with E-state index in [0.717, 1.165) is 15.6 Å². The summed E-state index contributed by atoms with van der Waals surface area (Å²) in [6, 6.07) is -0.243. The van der Waals surface area contributed by atoms with Crippen LogP contribution in [0.15, 0.2) is 12.4 Å². The Labute approximate surface area is 122 Å². The lowest BCUT2D eigenvalue weighted by Crippen LogP contribution is -2.33. The van der Waals surface area contributed by atoms with Gasteiger partial charge >= 0.3 is 6.03 Å². The largest absolute Gasteiger partial charge is 0.322 e. The Morgan fingerprint density at radius 2 is 2.20 bits per heavy atom. The number of nitrogens with zero attached hydrogens (tertiary/aromatic N) is 4.